The molecule has 0 unspecified atom stereocenters. The Morgan fingerprint density at radius 1 is 0.459 bits per heavy atom. The largest absolute Gasteiger partial charge is 0.508 e. The number of hydrogen-bond acceptors (Lipinski definition) is 22. The van der Waals surface area contributed by atoms with Crippen LogP contribution in [0.25, 0.3) is 22.0 Å². The van der Waals surface area contributed by atoms with Crippen LogP contribution in [0, 0.1) is 23.7 Å². The zero-order chi connectivity index (χ0) is 98.2. The molecule has 17 amide bonds. The lowest BCUT2D eigenvalue weighted by Gasteiger charge is -2.33. The van der Waals surface area contributed by atoms with Crippen molar-refractivity contribution in [2.75, 3.05) is 45.3 Å². The van der Waals surface area contributed by atoms with E-state index in [1.807, 2.05) is 30.3 Å². The number of amides is 17. The molecule has 133 heavy (non-hydrogen) atoms. The third kappa shape index (κ3) is 33.2. The van der Waals surface area contributed by atoms with Crippen molar-refractivity contribution in [1.29, 1.82) is 0 Å². The van der Waals surface area contributed by atoms with Crippen LogP contribution in [-0.4, -0.2) is 260 Å². The number of thioether (sulfide) groups is 1. The lowest BCUT2D eigenvalue weighted by Crippen LogP contribution is -2.61. The Kier molecular flexibility index (Phi) is 40.8. The summed E-state index contributed by atoms with van der Waals surface area (Å²) in [7, 11) is 2.47. The van der Waals surface area contributed by atoms with Gasteiger partial charge in [-0.05, 0) is 101 Å². The molecular formula is C92H123N19O21S. The SMILES string of the molecule is CC(C)C[C@@H]1NC(=O)[C@H](Cc2c[nH]c3ccccc23)NC(=O)[C@H](CC(=O)O)NC(=O)[C@H](Cc2ccc(O)cc2)NC(=O)[C@H](Cc2ccc(CN)cc2)NC(=O)CSC[C@@H](C(=O)NCC(N)=O)NC(=O)[C@H](CO)NC(=O)[C@H](C(C)C)NC(=O)[C@H](CC(C)C)NC(=O)[C@H](CC(N)=O)NC(=O)CN(C)C(=O)[C@H](C)N(C)C(=O)[C@H](C(C)C)NC(=O)[C@H](Cc2ccc(-c3ccccc3)cc2)NC1=O. The van der Waals surface area contributed by atoms with E-state index in [0.717, 1.165) is 20.9 Å². The number of carboxylic acids is 1. The quantitative estimate of drug-likeness (QED) is 0.0327. The highest BCUT2D eigenvalue weighted by atomic mass is 32.2. The van der Waals surface area contributed by atoms with E-state index in [4.69, 9.17) is 17.2 Å². The van der Waals surface area contributed by atoms with E-state index >= 15 is 28.8 Å². The summed E-state index contributed by atoms with van der Waals surface area (Å²) in [6.07, 6.45) is -2.03. The Morgan fingerprint density at radius 2 is 0.880 bits per heavy atom. The highest BCUT2D eigenvalue weighted by Crippen LogP contribution is 2.24. The second-order valence-electron chi connectivity index (χ2n) is 34.3. The fourth-order valence-corrected chi connectivity index (χ4v) is 15.4. The van der Waals surface area contributed by atoms with Gasteiger partial charge in [0.25, 0.3) is 0 Å². The summed E-state index contributed by atoms with van der Waals surface area (Å²) in [5.41, 5.74) is 21.4. The van der Waals surface area contributed by atoms with Crippen molar-refractivity contribution in [3.05, 3.63) is 161 Å². The van der Waals surface area contributed by atoms with Gasteiger partial charge in [-0.1, -0.05) is 165 Å². The Hall–Kier alpha value is -13.8. The van der Waals surface area contributed by atoms with Crippen LogP contribution in [0.2, 0.25) is 0 Å². The van der Waals surface area contributed by atoms with Crippen molar-refractivity contribution >= 4 is 129 Å². The first-order chi connectivity index (χ1) is 62.9. The number of primary amides is 2. The number of nitrogens with zero attached hydrogens (tertiary/aromatic N) is 2. The van der Waals surface area contributed by atoms with Gasteiger partial charge in [-0.25, -0.2) is 0 Å². The number of H-pyrrole nitrogens is 1. The fourth-order valence-electron chi connectivity index (χ4n) is 14.5. The topological polar surface area (TPSA) is 625 Å². The second-order valence-corrected chi connectivity index (χ2v) is 35.4. The predicted octanol–water partition coefficient (Wildman–Crippen LogP) is -1.51. The van der Waals surface area contributed by atoms with Crippen LogP contribution < -0.4 is 86.3 Å². The fraction of sp³-hybridized carbons (Fsp3) is 0.457. The number of aliphatic hydroxyl groups is 1. The van der Waals surface area contributed by atoms with E-state index in [1.54, 1.807) is 121 Å². The monoisotopic (exact) mass is 1860 g/mol. The number of rotatable bonds is 24. The van der Waals surface area contributed by atoms with Crippen LogP contribution in [0.15, 0.2) is 134 Å². The molecule has 6 aromatic rings. The summed E-state index contributed by atoms with van der Waals surface area (Å²) in [5.74, 6) is -22.8. The van der Waals surface area contributed by atoms with E-state index in [0.29, 0.717) is 44.9 Å². The number of aromatic nitrogens is 1. The molecule has 5 aromatic carbocycles. The van der Waals surface area contributed by atoms with E-state index < -0.39 is 253 Å². The van der Waals surface area contributed by atoms with Crippen LogP contribution in [0.1, 0.15) is 116 Å². The molecular weight excluding hydrogens is 1740 g/mol. The smallest absolute Gasteiger partial charge is 0.305 e. The number of aliphatic carboxylic acids is 1. The number of fused-ring (bicyclic) bond motifs is 1. The standard InChI is InChI=1S/C92H123N19O21S/c1-48(2)33-63-81(121)103-67(36-54-25-29-58(30-26-54)57-17-13-12-14-18-57)88(128)109-79(51(7)8)92(132)111(11)52(9)91(131)110(10)44-75(116)98-69(39-73(94)114)85(125)101-64(34-49(3)4)87(127)108-78(50(5)6)90(130)106-71(45-112)89(129)107-72(80(120)97-43-74(95)115)46-133-47-76(117)99-65(35-53-21-23-56(41-93)24-22-53)82(122)102-66(37-55-27-31-60(113)32-28-55)83(123)105-70(40-77(118)119)86(126)104-68(84(124)100-63)38-59-42-96-62-20-16-15-19-61(59)62/h12-32,42,48-52,63-72,78-79,96,112-113H,33-41,43-47,93H2,1-11H3,(H2,94,114)(H2,95,115)(H,97,120)(H,98,116)(H,99,117)(H,100,124)(H,101,125)(H,102,122)(H,103,121)(H,104,126)(H,105,123)(H,106,130)(H,107,129)(H,108,127)(H,109,128)(H,118,119)/t52-,63-,64-,65-,66-,67-,68-,69-,70-,71-,72-,78-,79-/m0/s1. The number of aromatic amines is 1. The van der Waals surface area contributed by atoms with Gasteiger partial charge in [0.2, 0.25) is 100 Å². The molecule has 1 fully saturated rings. The molecule has 0 radical (unpaired) electrons. The van der Waals surface area contributed by atoms with Gasteiger partial charge in [0, 0.05) is 69.2 Å². The van der Waals surface area contributed by atoms with Gasteiger partial charge < -0.3 is 116 Å². The highest BCUT2D eigenvalue weighted by molar-refractivity contribution is 8.00. The molecule has 41 heteroatoms. The molecule has 23 N–H and O–H groups in total. The first-order valence-electron chi connectivity index (χ1n) is 43.6. The number of benzene rings is 5. The maximum absolute atomic E-state index is 15.4. The molecule has 1 aromatic heterocycles. The number of carboxylic acid groups (broad SMARTS) is 1. The van der Waals surface area contributed by atoms with Crippen molar-refractivity contribution in [1.82, 2.24) is 83.9 Å². The average Bonchev–Trinajstić information content (AvgIpc) is 1.79. The van der Waals surface area contributed by atoms with E-state index in [-0.39, 0.29) is 55.9 Å². The molecule has 40 nitrogen and oxygen atoms in total. The minimum Gasteiger partial charge on any atom is -0.508 e. The third-order valence-corrected chi connectivity index (χ3v) is 22.9. The van der Waals surface area contributed by atoms with Gasteiger partial charge in [0.1, 0.15) is 84.3 Å². The molecule has 718 valence electrons. The molecule has 1 aliphatic rings. The molecule has 1 saturated heterocycles. The molecule has 0 saturated carbocycles. The zero-order valence-corrected chi connectivity index (χ0v) is 77.0. The number of hydrogen-bond donors (Lipinski definition) is 20. The Labute approximate surface area is 774 Å². The van der Waals surface area contributed by atoms with Crippen molar-refractivity contribution < 1.29 is 102 Å². The van der Waals surface area contributed by atoms with E-state index in [2.05, 4.69) is 74.1 Å². The van der Waals surface area contributed by atoms with Gasteiger partial charge >= 0.3 is 5.97 Å². The number of phenols is 1. The molecule has 7 rings (SSSR count). The molecule has 2 heterocycles. The first-order valence-corrected chi connectivity index (χ1v) is 44.7. The summed E-state index contributed by atoms with van der Waals surface area (Å²) in [4.78, 5) is 263. The number of nitrogens with two attached hydrogens (primary N) is 3. The lowest BCUT2D eigenvalue weighted by molar-refractivity contribution is -0.147. The van der Waals surface area contributed by atoms with Crippen molar-refractivity contribution in [2.24, 2.45) is 40.9 Å². The number of aromatic hydroxyl groups is 1. The summed E-state index contributed by atoms with van der Waals surface area (Å²) in [6, 6.07) is 13.6. The van der Waals surface area contributed by atoms with Gasteiger partial charge in [-0.3, -0.25) is 86.3 Å². The minimum absolute atomic E-state index is 0.112. The van der Waals surface area contributed by atoms with E-state index in [9.17, 15) is 72.9 Å². The van der Waals surface area contributed by atoms with Gasteiger partial charge in [-0.15, -0.1) is 11.8 Å². The zero-order valence-electron chi connectivity index (χ0n) is 76.1. The summed E-state index contributed by atoms with van der Waals surface area (Å²) < 4.78 is 0. The number of para-hydroxylation sites is 1. The minimum atomic E-state index is -2.07. The van der Waals surface area contributed by atoms with Crippen LogP contribution in [-0.2, 0) is 119 Å². The average molecular weight is 1860 g/mol. The van der Waals surface area contributed by atoms with Crippen LogP contribution in [0.3, 0.4) is 0 Å². The predicted molar refractivity (Wildman–Crippen MR) is 492 cm³/mol. The summed E-state index contributed by atoms with van der Waals surface area (Å²) in [6.45, 7) is 11.8. The highest BCUT2D eigenvalue weighted by Gasteiger charge is 2.41. The van der Waals surface area contributed by atoms with E-state index in [1.165, 1.54) is 59.1 Å². The number of carbonyl (C=O) groups is 18. The van der Waals surface area contributed by atoms with Crippen molar-refractivity contribution in [3.8, 4) is 16.9 Å². The number of phenolic OH excluding ortho intramolecular Hbond substituents is 1. The lowest BCUT2D eigenvalue weighted by atomic mass is 9.97. The van der Waals surface area contributed by atoms with Gasteiger partial charge in [-0.2, -0.15) is 0 Å². The maximum Gasteiger partial charge on any atom is 0.305 e. The molecule has 0 spiro atoms. The normalized spacial score (nSPS) is 22.8. The number of nitrogens with one attached hydrogen (secondary N) is 14. The summed E-state index contributed by atoms with van der Waals surface area (Å²) >= 11 is 0.692. The maximum atomic E-state index is 15.4. The van der Waals surface area contributed by atoms with Crippen molar-refractivity contribution in [3.63, 3.8) is 0 Å². The van der Waals surface area contributed by atoms with Crippen LogP contribution in [0.5, 0.6) is 5.75 Å². The third-order valence-electron chi connectivity index (χ3n) is 21.9. The van der Waals surface area contributed by atoms with Crippen LogP contribution >= 0.6 is 11.8 Å². The Bertz CT molecular complexity index is 5120. The first kappa shape index (κ1) is 106. The van der Waals surface area contributed by atoms with Crippen molar-refractivity contribution in [2.45, 2.75) is 199 Å². The van der Waals surface area contributed by atoms with Crippen LogP contribution in [0.4, 0.5) is 0 Å². The molecule has 1 aliphatic heterocycles. The van der Waals surface area contributed by atoms with Gasteiger partial charge in [0.05, 0.1) is 38.3 Å². The number of carbonyl (C=O) groups excluding carboxylic acids is 17. The molecule has 0 aliphatic carbocycles. The Balaban J connectivity index is 1.32. The number of likely N-dealkylation sites (N-methyl/N-ethyl adjacent to an activating group) is 2. The number of aliphatic hydroxyl groups excluding tert-OH is 1. The Morgan fingerprint density at radius 3 is 1.39 bits per heavy atom. The molecule has 13 atom stereocenters. The van der Waals surface area contributed by atoms with Gasteiger partial charge in [0.15, 0.2) is 0 Å². The summed E-state index contributed by atoms with van der Waals surface area (Å²) in [5, 5.41) is 65.2. The second kappa shape index (κ2) is 51.1. The molecule has 0 bridgehead atoms.